The van der Waals surface area contributed by atoms with E-state index in [9.17, 15) is 13.2 Å². The second kappa shape index (κ2) is 6.29. The van der Waals surface area contributed by atoms with Crippen molar-refractivity contribution in [2.75, 3.05) is 19.7 Å². The summed E-state index contributed by atoms with van der Waals surface area (Å²) in [6, 6.07) is 1.38. The Morgan fingerprint density at radius 3 is 2.90 bits per heavy atom. The molecule has 1 saturated heterocycles. The van der Waals surface area contributed by atoms with Crippen molar-refractivity contribution in [2.45, 2.75) is 16.7 Å². The summed E-state index contributed by atoms with van der Waals surface area (Å²) >= 11 is 10.1. The Balaban J connectivity index is 2.19. The number of ether oxygens (including phenoxy) is 1. The predicted molar refractivity (Wildman–Crippen MR) is 77.8 cm³/mol. The average molecular weight is 405 g/mol. The van der Waals surface area contributed by atoms with E-state index in [0.717, 1.165) is 11.3 Å². The third kappa shape index (κ3) is 3.52. The predicted octanol–water partition coefficient (Wildman–Crippen LogP) is 2.03. The van der Waals surface area contributed by atoms with Gasteiger partial charge in [-0.1, -0.05) is 11.6 Å². The zero-order chi connectivity index (χ0) is 14.9. The molecule has 1 aromatic heterocycles. The van der Waals surface area contributed by atoms with E-state index in [1.54, 1.807) is 0 Å². The number of hydrogen-bond acceptors (Lipinski definition) is 5. The van der Waals surface area contributed by atoms with Crippen molar-refractivity contribution >= 4 is 54.9 Å². The summed E-state index contributed by atoms with van der Waals surface area (Å²) in [7, 11) is -3.67. The van der Waals surface area contributed by atoms with Gasteiger partial charge in [0.25, 0.3) is 10.0 Å². The average Bonchev–Trinajstić information content (AvgIpc) is 2.70. The number of nitrogens with zero attached hydrogens (tertiary/aromatic N) is 1. The monoisotopic (exact) mass is 403 g/mol. The number of sulfonamides is 1. The molecule has 2 rings (SSSR count). The van der Waals surface area contributed by atoms with Gasteiger partial charge in [-0.3, -0.25) is 4.79 Å². The molecule has 6 nitrogen and oxygen atoms in total. The topological polar surface area (TPSA) is 83.9 Å². The molecule has 1 unspecified atom stereocenters. The van der Waals surface area contributed by atoms with Crippen LogP contribution >= 0.6 is 38.9 Å². The van der Waals surface area contributed by atoms with Gasteiger partial charge in [0.15, 0.2) is 0 Å². The maximum absolute atomic E-state index is 12.4. The van der Waals surface area contributed by atoms with Gasteiger partial charge in [0.2, 0.25) is 0 Å². The molecule has 0 spiro atoms. The van der Waals surface area contributed by atoms with Crippen LogP contribution in [0.5, 0.6) is 0 Å². The van der Waals surface area contributed by atoms with Crippen LogP contribution in [0.2, 0.25) is 5.02 Å². The molecule has 1 fully saturated rings. The lowest BCUT2D eigenvalue weighted by molar-refractivity contribution is -0.141. The SMILES string of the molecule is O=C(O)CC1CN(S(=O)(=O)c2cc(Cl)c(Br)s2)CCO1. The van der Waals surface area contributed by atoms with Crippen molar-refractivity contribution in [1.82, 2.24) is 4.31 Å². The third-order valence-electron chi connectivity index (χ3n) is 2.72. The molecule has 1 atom stereocenters. The Hall–Kier alpha value is -0.190. The minimum absolute atomic E-state index is 0.0295. The number of hydrogen-bond donors (Lipinski definition) is 1. The number of carboxylic acid groups (broad SMARTS) is 1. The van der Waals surface area contributed by atoms with Gasteiger partial charge in [0.1, 0.15) is 4.21 Å². The molecule has 1 aliphatic heterocycles. The highest BCUT2D eigenvalue weighted by Gasteiger charge is 2.33. The summed E-state index contributed by atoms with van der Waals surface area (Å²) in [6.45, 7) is 0.408. The Labute approximate surface area is 133 Å². The van der Waals surface area contributed by atoms with Crippen molar-refractivity contribution in [2.24, 2.45) is 0 Å². The molecule has 0 aromatic carbocycles. The second-order valence-electron chi connectivity index (χ2n) is 4.14. The number of thiophene rings is 1. The summed E-state index contributed by atoms with van der Waals surface area (Å²) in [4.78, 5) is 10.7. The molecule has 0 amide bonds. The van der Waals surface area contributed by atoms with E-state index in [2.05, 4.69) is 15.9 Å². The zero-order valence-corrected chi connectivity index (χ0v) is 14.1. The first-order chi connectivity index (χ1) is 9.30. The van der Waals surface area contributed by atoms with Gasteiger partial charge in [-0.15, -0.1) is 11.3 Å². The van der Waals surface area contributed by atoms with Crippen molar-refractivity contribution in [3.63, 3.8) is 0 Å². The lowest BCUT2D eigenvalue weighted by atomic mass is 10.2. The molecule has 20 heavy (non-hydrogen) atoms. The molecule has 1 aliphatic rings. The Morgan fingerprint density at radius 1 is 1.65 bits per heavy atom. The standard InChI is InChI=1S/C10H11BrClNO5S2/c11-10-7(12)4-9(19-10)20(16,17)13-1-2-18-6(5-13)3-8(14)15/h4,6H,1-3,5H2,(H,14,15). The van der Waals surface area contributed by atoms with Crippen LogP contribution in [0.1, 0.15) is 6.42 Å². The Bertz CT molecular complexity index is 598. The van der Waals surface area contributed by atoms with Crippen molar-refractivity contribution < 1.29 is 23.1 Å². The van der Waals surface area contributed by atoms with Gasteiger partial charge in [-0.2, -0.15) is 4.31 Å². The second-order valence-corrected chi connectivity index (χ2v) is 9.08. The lowest BCUT2D eigenvalue weighted by Crippen LogP contribution is -2.45. The number of morpholine rings is 1. The Kier molecular flexibility index (Phi) is 5.09. The van der Waals surface area contributed by atoms with Gasteiger partial charge < -0.3 is 9.84 Å². The molecule has 10 heteroatoms. The van der Waals surface area contributed by atoms with Gasteiger partial charge in [0, 0.05) is 13.1 Å². The summed E-state index contributed by atoms with van der Waals surface area (Å²) in [5, 5.41) is 9.08. The fourth-order valence-corrected chi connectivity index (χ4v) is 5.82. The summed E-state index contributed by atoms with van der Waals surface area (Å²) in [5.74, 6) is -1.02. The van der Waals surface area contributed by atoms with Crippen LogP contribution in [-0.2, 0) is 19.6 Å². The number of carbonyl (C=O) groups is 1. The van der Waals surface area contributed by atoms with Crippen LogP contribution in [0.25, 0.3) is 0 Å². The van der Waals surface area contributed by atoms with Crippen LogP contribution in [0.3, 0.4) is 0 Å². The highest BCUT2D eigenvalue weighted by Crippen LogP contribution is 2.36. The molecule has 0 saturated carbocycles. The van der Waals surface area contributed by atoms with Crippen molar-refractivity contribution in [1.29, 1.82) is 0 Å². The Morgan fingerprint density at radius 2 is 2.35 bits per heavy atom. The molecule has 2 heterocycles. The normalized spacial score (nSPS) is 21.0. The van der Waals surface area contributed by atoms with Crippen LogP contribution in [-0.4, -0.2) is 49.6 Å². The van der Waals surface area contributed by atoms with Crippen LogP contribution in [0.4, 0.5) is 0 Å². The number of halogens is 2. The van der Waals surface area contributed by atoms with E-state index < -0.39 is 22.1 Å². The van der Waals surface area contributed by atoms with Crippen LogP contribution in [0, 0.1) is 0 Å². The van der Waals surface area contributed by atoms with E-state index in [-0.39, 0.29) is 30.3 Å². The van der Waals surface area contributed by atoms with Gasteiger partial charge in [0.05, 0.1) is 27.9 Å². The summed E-state index contributed by atoms with van der Waals surface area (Å²) in [6.07, 6.45) is -0.851. The quantitative estimate of drug-likeness (QED) is 0.830. The number of rotatable bonds is 4. The fourth-order valence-electron chi connectivity index (χ4n) is 1.81. The van der Waals surface area contributed by atoms with Crippen LogP contribution in [0.15, 0.2) is 14.1 Å². The molecule has 1 aromatic rings. The van der Waals surface area contributed by atoms with Crippen molar-refractivity contribution in [3.05, 3.63) is 14.9 Å². The first-order valence-electron chi connectivity index (χ1n) is 5.59. The zero-order valence-electron chi connectivity index (χ0n) is 10.1. The molecule has 0 radical (unpaired) electrons. The van der Waals surface area contributed by atoms with Gasteiger partial charge in [-0.05, 0) is 22.0 Å². The first kappa shape index (κ1) is 16.2. The van der Waals surface area contributed by atoms with Crippen LogP contribution < -0.4 is 0 Å². The van der Waals surface area contributed by atoms with Crippen molar-refractivity contribution in [3.8, 4) is 0 Å². The van der Waals surface area contributed by atoms with Gasteiger partial charge in [-0.25, -0.2) is 8.42 Å². The van der Waals surface area contributed by atoms with E-state index in [4.69, 9.17) is 21.4 Å². The fraction of sp³-hybridized carbons (Fsp3) is 0.500. The first-order valence-corrected chi connectivity index (χ1v) is 9.02. The third-order valence-corrected chi connectivity index (χ3v) is 7.51. The van der Waals surface area contributed by atoms with E-state index >= 15 is 0 Å². The molecule has 112 valence electrons. The highest BCUT2D eigenvalue weighted by atomic mass is 79.9. The highest BCUT2D eigenvalue weighted by molar-refractivity contribution is 9.11. The lowest BCUT2D eigenvalue weighted by Gasteiger charge is -2.31. The maximum atomic E-state index is 12.4. The minimum atomic E-state index is -3.67. The summed E-state index contributed by atoms with van der Waals surface area (Å²) < 4.78 is 32.1. The molecule has 0 aliphatic carbocycles. The molecular weight excluding hydrogens is 394 g/mol. The number of carboxylic acids is 1. The minimum Gasteiger partial charge on any atom is -0.481 e. The van der Waals surface area contributed by atoms with E-state index in [1.165, 1.54) is 10.4 Å². The molecule has 0 bridgehead atoms. The van der Waals surface area contributed by atoms with E-state index in [0.29, 0.717) is 8.81 Å². The van der Waals surface area contributed by atoms with E-state index in [1.807, 2.05) is 0 Å². The summed E-state index contributed by atoms with van der Waals surface area (Å²) in [5.41, 5.74) is 0. The van der Waals surface area contributed by atoms with Gasteiger partial charge >= 0.3 is 5.97 Å². The molecular formula is C10H11BrClNO5S2. The molecule has 1 N–H and O–H groups in total. The largest absolute Gasteiger partial charge is 0.481 e. The number of aliphatic carboxylic acids is 1. The maximum Gasteiger partial charge on any atom is 0.306 e. The smallest absolute Gasteiger partial charge is 0.306 e.